The van der Waals surface area contributed by atoms with Gasteiger partial charge in [-0.1, -0.05) is 45.0 Å². The Kier molecular flexibility index (Phi) is 5.86. The molecule has 1 rings (SSSR count). The normalized spacial score (nSPS) is 12.5. The Hall–Kier alpha value is -1.35. The minimum atomic E-state index is -0.0340. The van der Waals surface area contributed by atoms with Crippen LogP contribution < -0.4 is 11.1 Å². The molecule has 0 spiro atoms. The maximum absolute atomic E-state index is 11.6. The molecule has 3 heteroatoms. The summed E-state index contributed by atoms with van der Waals surface area (Å²) in [6.07, 6.45) is 1.23. The van der Waals surface area contributed by atoms with Crippen molar-refractivity contribution in [1.82, 2.24) is 5.32 Å². The second kappa shape index (κ2) is 7.17. The summed E-state index contributed by atoms with van der Waals surface area (Å²) in [6.45, 7) is 6.90. The third kappa shape index (κ3) is 4.88. The van der Waals surface area contributed by atoms with Crippen molar-refractivity contribution in [3.63, 3.8) is 0 Å². The third-order valence-electron chi connectivity index (χ3n) is 3.11. The van der Waals surface area contributed by atoms with E-state index in [9.17, 15) is 4.79 Å². The standard InChI is InChI=1S/C15H24N2O/c1-4-14(16)9-15(18)17-10-12-5-7-13(8-6-12)11(2)3/h5-8,11,14H,4,9-10,16H2,1-3H3,(H,17,18). The molecule has 1 aromatic carbocycles. The van der Waals surface area contributed by atoms with E-state index in [1.807, 2.05) is 6.92 Å². The topological polar surface area (TPSA) is 55.1 Å². The maximum atomic E-state index is 11.6. The van der Waals surface area contributed by atoms with Crippen LogP contribution in [0.2, 0.25) is 0 Å². The van der Waals surface area contributed by atoms with Gasteiger partial charge in [-0.05, 0) is 23.5 Å². The first-order valence-electron chi connectivity index (χ1n) is 6.64. The van der Waals surface area contributed by atoms with Crippen molar-refractivity contribution in [2.24, 2.45) is 5.73 Å². The van der Waals surface area contributed by atoms with Crippen molar-refractivity contribution in [1.29, 1.82) is 0 Å². The zero-order valence-electron chi connectivity index (χ0n) is 11.6. The first kappa shape index (κ1) is 14.7. The van der Waals surface area contributed by atoms with Crippen LogP contribution >= 0.6 is 0 Å². The molecule has 1 amide bonds. The molecule has 0 heterocycles. The summed E-state index contributed by atoms with van der Waals surface area (Å²) in [4.78, 5) is 11.6. The van der Waals surface area contributed by atoms with Gasteiger partial charge in [0.25, 0.3) is 0 Å². The van der Waals surface area contributed by atoms with Crippen LogP contribution in [0, 0.1) is 0 Å². The van der Waals surface area contributed by atoms with E-state index in [2.05, 4.69) is 43.4 Å². The number of amides is 1. The van der Waals surface area contributed by atoms with E-state index in [0.29, 0.717) is 18.9 Å². The molecule has 3 N–H and O–H groups in total. The van der Waals surface area contributed by atoms with E-state index in [4.69, 9.17) is 5.73 Å². The lowest BCUT2D eigenvalue weighted by Gasteiger charge is -2.10. The summed E-state index contributed by atoms with van der Waals surface area (Å²) < 4.78 is 0. The van der Waals surface area contributed by atoms with Gasteiger partial charge in [-0.2, -0.15) is 0 Å². The van der Waals surface area contributed by atoms with E-state index < -0.39 is 0 Å². The van der Waals surface area contributed by atoms with E-state index in [1.165, 1.54) is 5.56 Å². The summed E-state index contributed by atoms with van der Waals surface area (Å²) in [7, 11) is 0. The van der Waals surface area contributed by atoms with Crippen LogP contribution in [-0.4, -0.2) is 11.9 Å². The lowest BCUT2D eigenvalue weighted by atomic mass is 10.0. The molecule has 0 fully saturated rings. The van der Waals surface area contributed by atoms with Crippen molar-refractivity contribution in [2.75, 3.05) is 0 Å². The Labute approximate surface area is 110 Å². The predicted molar refractivity (Wildman–Crippen MR) is 75.3 cm³/mol. The van der Waals surface area contributed by atoms with Gasteiger partial charge in [0, 0.05) is 19.0 Å². The highest BCUT2D eigenvalue weighted by atomic mass is 16.1. The van der Waals surface area contributed by atoms with Gasteiger partial charge in [-0.15, -0.1) is 0 Å². The number of rotatable bonds is 6. The highest BCUT2D eigenvalue weighted by molar-refractivity contribution is 5.76. The quantitative estimate of drug-likeness (QED) is 0.813. The SMILES string of the molecule is CCC(N)CC(=O)NCc1ccc(C(C)C)cc1. The minimum Gasteiger partial charge on any atom is -0.352 e. The fourth-order valence-corrected chi connectivity index (χ4v) is 1.68. The van der Waals surface area contributed by atoms with Gasteiger partial charge in [0.15, 0.2) is 0 Å². The average Bonchev–Trinajstić information content (AvgIpc) is 2.36. The summed E-state index contributed by atoms with van der Waals surface area (Å²) in [5, 5.41) is 2.89. The Bertz CT molecular complexity index is 371. The summed E-state index contributed by atoms with van der Waals surface area (Å²) >= 11 is 0. The molecule has 0 aromatic heterocycles. The Morgan fingerprint density at radius 2 is 1.89 bits per heavy atom. The smallest absolute Gasteiger partial charge is 0.221 e. The maximum Gasteiger partial charge on any atom is 0.221 e. The van der Waals surface area contributed by atoms with Crippen LogP contribution in [0.5, 0.6) is 0 Å². The predicted octanol–water partition coefficient (Wildman–Crippen LogP) is 2.55. The highest BCUT2D eigenvalue weighted by Gasteiger charge is 2.07. The molecular weight excluding hydrogens is 224 g/mol. The number of carbonyl (C=O) groups excluding carboxylic acids is 1. The fourth-order valence-electron chi connectivity index (χ4n) is 1.68. The van der Waals surface area contributed by atoms with Crippen molar-refractivity contribution < 1.29 is 4.79 Å². The van der Waals surface area contributed by atoms with Crippen LogP contribution in [0.4, 0.5) is 0 Å². The van der Waals surface area contributed by atoms with E-state index in [1.54, 1.807) is 0 Å². The van der Waals surface area contributed by atoms with Gasteiger partial charge in [0.2, 0.25) is 5.91 Å². The van der Waals surface area contributed by atoms with Gasteiger partial charge >= 0.3 is 0 Å². The lowest BCUT2D eigenvalue weighted by Crippen LogP contribution is -2.30. The molecule has 1 atom stereocenters. The van der Waals surface area contributed by atoms with Crippen LogP contribution in [0.25, 0.3) is 0 Å². The first-order chi connectivity index (χ1) is 8.52. The third-order valence-corrected chi connectivity index (χ3v) is 3.11. The number of benzene rings is 1. The second-order valence-corrected chi connectivity index (χ2v) is 5.05. The van der Waals surface area contributed by atoms with Gasteiger partial charge in [-0.3, -0.25) is 4.79 Å². The van der Waals surface area contributed by atoms with Crippen LogP contribution in [-0.2, 0) is 11.3 Å². The summed E-state index contributed by atoms with van der Waals surface area (Å²) in [5.41, 5.74) is 8.18. The molecule has 0 radical (unpaired) electrons. The number of nitrogens with two attached hydrogens (primary N) is 1. The van der Waals surface area contributed by atoms with Gasteiger partial charge in [-0.25, -0.2) is 0 Å². The molecule has 0 saturated carbocycles. The molecule has 1 unspecified atom stereocenters. The minimum absolute atomic E-state index is 0.0253. The fraction of sp³-hybridized carbons (Fsp3) is 0.533. The monoisotopic (exact) mass is 248 g/mol. The van der Waals surface area contributed by atoms with Crippen molar-refractivity contribution >= 4 is 5.91 Å². The molecule has 0 aliphatic carbocycles. The molecule has 0 saturated heterocycles. The van der Waals surface area contributed by atoms with E-state index >= 15 is 0 Å². The first-order valence-corrected chi connectivity index (χ1v) is 6.64. The zero-order valence-corrected chi connectivity index (χ0v) is 11.6. The number of nitrogens with one attached hydrogen (secondary N) is 1. The average molecular weight is 248 g/mol. The van der Waals surface area contributed by atoms with E-state index in [0.717, 1.165) is 12.0 Å². The molecule has 1 aromatic rings. The van der Waals surface area contributed by atoms with E-state index in [-0.39, 0.29) is 11.9 Å². The second-order valence-electron chi connectivity index (χ2n) is 5.05. The molecule has 100 valence electrons. The molecule has 0 aliphatic heterocycles. The lowest BCUT2D eigenvalue weighted by molar-refractivity contribution is -0.121. The molecular formula is C15H24N2O. The summed E-state index contributed by atoms with van der Waals surface area (Å²) in [5.74, 6) is 0.563. The summed E-state index contributed by atoms with van der Waals surface area (Å²) in [6, 6.07) is 8.33. The molecule has 0 bridgehead atoms. The Morgan fingerprint density at radius 3 is 2.39 bits per heavy atom. The molecule has 3 nitrogen and oxygen atoms in total. The van der Waals surface area contributed by atoms with Gasteiger partial charge in [0.05, 0.1) is 0 Å². The van der Waals surface area contributed by atoms with Gasteiger partial charge in [0.1, 0.15) is 0 Å². The van der Waals surface area contributed by atoms with Crippen LogP contribution in [0.1, 0.15) is 50.7 Å². The zero-order chi connectivity index (χ0) is 13.5. The Morgan fingerprint density at radius 1 is 1.28 bits per heavy atom. The van der Waals surface area contributed by atoms with Crippen molar-refractivity contribution in [2.45, 2.75) is 52.1 Å². The van der Waals surface area contributed by atoms with Crippen LogP contribution in [0.15, 0.2) is 24.3 Å². The number of carbonyl (C=O) groups is 1. The van der Waals surface area contributed by atoms with Gasteiger partial charge < -0.3 is 11.1 Å². The van der Waals surface area contributed by atoms with Crippen molar-refractivity contribution in [3.8, 4) is 0 Å². The highest BCUT2D eigenvalue weighted by Crippen LogP contribution is 2.14. The largest absolute Gasteiger partial charge is 0.352 e. The Balaban J connectivity index is 2.41. The number of hydrogen-bond acceptors (Lipinski definition) is 2. The molecule has 18 heavy (non-hydrogen) atoms. The molecule has 0 aliphatic rings. The van der Waals surface area contributed by atoms with Crippen molar-refractivity contribution in [3.05, 3.63) is 35.4 Å². The van der Waals surface area contributed by atoms with Crippen LogP contribution in [0.3, 0.4) is 0 Å². The number of hydrogen-bond donors (Lipinski definition) is 2.